The molecule has 1 aliphatic carbocycles. The molecule has 1 heterocycles. The molecule has 2 N–H and O–H groups in total. The van der Waals surface area contributed by atoms with Gasteiger partial charge in [-0.15, -0.1) is 0 Å². The molecule has 0 spiro atoms. The molecule has 1 saturated carbocycles. The largest absolute Gasteiger partial charge is 0.505 e. The third-order valence-corrected chi connectivity index (χ3v) is 7.56. The molecule has 2 fully saturated rings. The number of carbonyl (C=O) groups is 2. The van der Waals surface area contributed by atoms with E-state index in [1.54, 1.807) is 0 Å². The molecular formula is C30H29F2NO5. The number of ether oxygens (including phenoxy) is 1. The van der Waals surface area contributed by atoms with Gasteiger partial charge < -0.3 is 14.9 Å². The second-order valence-corrected chi connectivity index (χ2v) is 10.5. The summed E-state index contributed by atoms with van der Waals surface area (Å²) in [5, 5.41) is 20.4. The number of likely N-dealkylation sites (tertiary alicyclic amines) is 1. The van der Waals surface area contributed by atoms with Crippen LogP contribution in [0.5, 0.6) is 11.5 Å². The number of Topliss-reactive ketones (excluding diaryl/α,β-unsaturated/α-hetero) is 2. The third-order valence-electron chi connectivity index (χ3n) is 7.56. The van der Waals surface area contributed by atoms with Crippen molar-refractivity contribution >= 4 is 11.6 Å². The van der Waals surface area contributed by atoms with Gasteiger partial charge in [0.05, 0.1) is 12.1 Å². The third kappa shape index (κ3) is 5.76. The van der Waals surface area contributed by atoms with Crippen molar-refractivity contribution in [1.29, 1.82) is 0 Å². The molecule has 3 atom stereocenters. The van der Waals surface area contributed by atoms with Gasteiger partial charge in [-0.2, -0.15) is 0 Å². The van der Waals surface area contributed by atoms with Crippen LogP contribution in [0.3, 0.4) is 0 Å². The molecule has 38 heavy (non-hydrogen) atoms. The van der Waals surface area contributed by atoms with Gasteiger partial charge in [0, 0.05) is 30.6 Å². The maximum Gasteiger partial charge on any atom is 0.200 e. The van der Waals surface area contributed by atoms with Crippen molar-refractivity contribution in [2.75, 3.05) is 26.2 Å². The van der Waals surface area contributed by atoms with Crippen LogP contribution in [-0.2, 0) is 6.42 Å². The van der Waals surface area contributed by atoms with Crippen molar-refractivity contribution < 1.29 is 33.3 Å². The first-order valence-corrected chi connectivity index (χ1v) is 12.6. The van der Waals surface area contributed by atoms with Gasteiger partial charge in [0.2, 0.25) is 0 Å². The Labute approximate surface area is 219 Å². The molecule has 0 aromatic heterocycles. The van der Waals surface area contributed by atoms with E-state index in [0.717, 1.165) is 36.9 Å². The lowest BCUT2D eigenvalue weighted by atomic mass is 9.91. The average Bonchev–Trinajstić information content (AvgIpc) is 3.38. The highest BCUT2D eigenvalue weighted by molar-refractivity contribution is 5.98. The smallest absolute Gasteiger partial charge is 0.200 e. The zero-order chi connectivity index (χ0) is 26.9. The maximum atomic E-state index is 14.6. The summed E-state index contributed by atoms with van der Waals surface area (Å²) in [6.45, 7) is 1.07. The van der Waals surface area contributed by atoms with Crippen molar-refractivity contribution in [3.8, 4) is 11.5 Å². The fourth-order valence-electron chi connectivity index (χ4n) is 5.80. The van der Waals surface area contributed by atoms with Crippen molar-refractivity contribution in [2.24, 2.45) is 11.8 Å². The van der Waals surface area contributed by atoms with Gasteiger partial charge >= 0.3 is 0 Å². The monoisotopic (exact) mass is 521 g/mol. The summed E-state index contributed by atoms with van der Waals surface area (Å²) in [4.78, 5) is 27.1. The number of hydrogen-bond acceptors (Lipinski definition) is 6. The topological polar surface area (TPSA) is 87.1 Å². The molecule has 0 amide bonds. The number of phenolic OH excluding ortho intramolecular Hbond substituents is 1. The Hall–Kier alpha value is -3.62. The molecule has 6 nitrogen and oxygen atoms in total. The summed E-state index contributed by atoms with van der Waals surface area (Å²) in [6.07, 6.45) is 2.03. The molecule has 2 aliphatic rings. The minimum Gasteiger partial charge on any atom is -0.505 e. The summed E-state index contributed by atoms with van der Waals surface area (Å²) >= 11 is 0. The lowest BCUT2D eigenvalue weighted by molar-refractivity contribution is 0.0355. The van der Waals surface area contributed by atoms with Gasteiger partial charge in [-0.1, -0.05) is 30.3 Å². The highest BCUT2D eigenvalue weighted by Crippen LogP contribution is 2.45. The number of carbonyl (C=O) groups excluding carboxylic acids is 2. The Bertz CT molecular complexity index is 1330. The van der Waals surface area contributed by atoms with Crippen LogP contribution in [0, 0.1) is 23.5 Å². The van der Waals surface area contributed by atoms with E-state index in [9.17, 15) is 28.6 Å². The molecule has 0 bridgehead atoms. The minimum absolute atomic E-state index is 0.0126. The maximum absolute atomic E-state index is 14.6. The van der Waals surface area contributed by atoms with E-state index >= 15 is 0 Å². The van der Waals surface area contributed by atoms with E-state index in [1.807, 2.05) is 30.3 Å². The molecule has 8 heteroatoms. The van der Waals surface area contributed by atoms with Gasteiger partial charge in [-0.25, -0.2) is 8.78 Å². The fourth-order valence-corrected chi connectivity index (χ4v) is 5.80. The second-order valence-electron chi connectivity index (χ2n) is 10.5. The lowest BCUT2D eigenvalue weighted by Crippen LogP contribution is -2.34. The van der Waals surface area contributed by atoms with E-state index in [4.69, 9.17) is 4.74 Å². The number of hydrogen-bond donors (Lipinski definition) is 2. The van der Waals surface area contributed by atoms with Crippen LogP contribution in [0.1, 0.15) is 39.1 Å². The van der Waals surface area contributed by atoms with Crippen LogP contribution in [0.25, 0.3) is 0 Å². The van der Waals surface area contributed by atoms with E-state index in [2.05, 4.69) is 4.90 Å². The number of nitrogens with zero attached hydrogens (tertiary/aromatic N) is 1. The van der Waals surface area contributed by atoms with Gasteiger partial charge in [-0.3, -0.25) is 14.5 Å². The van der Waals surface area contributed by atoms with Crippen LogP contribution < -0.4 is 4.74 Å². The summed E-state index contributed by atoms with van der Waals surface area (Å²) in [7, 11) is 0. The Kier molecular flexibility index (Phi) is 7.27. The van der Waals surface area contributed by atoms with Crippen molar-refractivity contribution in [3.05, 3.63) is 95.1 Å². The predicted molar refractivity (Wildman–Crippen MR) is 136 cm³/mol. The number of rotatable bonds is 9. The summed E-state index contributed by atoms with van der Waals surface area (Å²) in [5.41, 5.74) is 0.597. The van der Waals surface area contributed by atoms with Crippen molar-refractivity contribution in [1.82, 2.24) is 4.90 Å². The number of benzene rings is 3. The number of ketones is 2. The van der Waals surface area contributed by atoms with E-state index < -0.39 is 35.4 Å². The average molecular weight is 522 g/mol. The predicted octanol–water partition coefficient (Wildman–Crippen LogP) is 4.43. The normalized spacial score (nSPS) is 22.8. The van der Waals surface area contributed by atoms with Crippen LogP contribution >= 0.6 is 0 Å². The van der Waals surface area contributed by atoms with E-state index in [-0.39, 0.29) is 29.2 Å². The molecular weight excluding hydrogens is 492 g/mol. The zero-order valence-corrected chi connectivity index (χ0v) is 20.8. The number of phenols is 1. The highest BCUT2D eigenvalue weighted by Gasteiger charge is 2.48. The van der Waals surface area contributed by atoms with Gasteiger partial charge in [0.1, 0.15) is 0 Å². The lowest BCUT2D eigenvalue weighted by Gasteiger charge is -2.26. The first-order chi connectivity index (χ1) is 18.2. The second kappa shape index (κ2) is 10.6. The Morgan fingerprint density at radius 1 is 0.895 bits per heavy atom. The summed E-state index contributed by atoms with van der Waals surface area (Å²) in [5.74, 6) is -2.63. The molecule has 0 unspecified atom stereocenters. The van der Waals surface area contributed by atoms with Crippen molar-refractivity contribution in [2.45, 2.75) is 24.9 Å². The van der Waals surface area contributed by atoms with Gasteiger partial charge in [0.25, 0.3) is 0 Å². The number of halogens is 2. The summed E-state index contributed by atoms with van der Waals surface area (Å²) < 4.78 is 33.3. The SMILES string of the molecule is O=C(COc1ccc(C(=O)CN2C[C@@H]3C[C@](O)(Cc4ccccc4)C[C@@H]3C2)cc1F)c1ccc(O)c(F)c1. The molecule has 1 saturated heterocycles. The van der Waals surface area contributed by atoms with Gasteiger partial charge in [0.15, 0.2) is 41.3 Å². The number of fused-ring (bicyclic) bond motifs is 1. The van der Waals surface area contributed by atoms with Gasteiger partial charge in [-0.05, 0) is 66.6 Å². The van der Waals surface area contributed by atoms with Crippen LogP contribution in [-0.4, -0.2) is 58.5 Å². The van der Waals surface area contributed by atoms with Crippen LogP contribution in [0.4, 0.5) is 8.78 Å². The quantitative estimate of drug-likeness (QED) is 0.405. The van der Waals surface area contributed by atoms with E-state index in [0.29, 0.717) is 31.1 Å². The Morgan fingerprint density at radius 3 is 2.18 bits per heavy atom. The molecule has 3 aromatic carbocycles. The van der Waals surface area contributed by atoms with Crippen LogP contribution in [0.15, 0.2) is 66.7 Å². The summed E-state index contributed by atoms with van der Waals surface area (Å²) in [6, 6.07) is 17.0. The van der Waals surface area contributed by atoms with E-state index in [1.165, 1.54) is 18.2 Å². The standard InChI is InChI=1S/C30H29F2NO5/c31-24-10-21(6-8-26(24)34)28(36)18-38-29-9-7-20(11-25(29)32)27(35)17-33-15-22-13-30(37,14-23(22)16-33)12-19-4-2-1-3-5-19/h1-11,22-23,34,37H,12-18H2/t22-,23+,30+. The Morgan fingerprint density at radius 2 is 1.53 bits per heavy atom. The zero-order valence-electron chi connectivity index (χ0n) is 20.8. The fraction of sp³-hybridized carbons (Fsp3) is 0.333. The molecule has 1 aliphatic heterocycles. The highest BCUT2D eigenvalue weighted by atomic mass is 19.1. The number of aliphatic hydroxyl groups is 1. The van der Waals surface area contributed by atoms with Crippen LogP contribution in [0.2, 0.25) is 0 Å². The Balaban J connectivity index is 1.12. The molecule has 5 rings (SSSR count). The first kappa shape index (κ1) is 26.0. The first-order valence-electron chi connectivity index (χ1n) is 12.6. The molecule has 0 radical (unpaired) electrons. The molecule has 198 valence electrons. The van der Waals surface area contributed by atoms with Crippen molar-refractivity contribution in [3.63, 3.8) is 0 Å². The minimum atomic E-state index is -0.936. The number of aromatic hydroxyl groups is 1. The molecule has 3 aromatic rings.